The lowest BCUT2D eigenvalue weighted by Crippen LogP contribution is -2.21. The van der Waals surface area contributed by atoms with Crippen molar-refractivity contribution in [2.45, 2.75) is 20.0 Å². The van der Waals surface area contributed by atoms with Crippen LogP contribution in [0.2, 0.25) is 0 Å². The van der Waals surface area contributed by atoms with E-state index in [9.17, 15) is 0 Å². The lowest BCUT2D eigenvalue weighted by Gasteiger charge is -2.07. The lowest BCUT2D eigenvalue weighted by atomic mass is 10.4. The first-order valence-corrected chi connectivity index (χ1v) is 6.79. The van der Waals surface area contributed by atoms with Gasteiger partial charge in [0.25, 0.3) is 0 Å². The van der Waals surface area contributed by atoms with Crippen molar-refractivity contribution >= 4 is 11.3 Å². The first-order chi connectivity index (χ1) is 8.79. The molecule has 1 N–H and O–H groups in total. The lowest BCUT2D eigenvalue weighted by molar-refractivity contribution is 0.199. The van der Waals surface area contributed by atoms with Gasteiger partial charge >= 0.3 is 0 Å². The van der Waals surface area contributed by atoms with E-state index in [0.29, 0.717) is 0 Å². The summed E-state index contributed by atoms with van der Waals surface area (Å²) in [5.74, 6) is 0. The van der Waals surface area contributed by atoms with Gasteiger partial charge in [0.15, 0.2) is 0 Å². The highest BCUT2D eigenvalue weighted by Crippen LogP contribution is 2.10. The number of nitrogens with one attached hydrogen (secondary N) is 1. The molecule has 2 aromatic heterocycles. The predicted octanol–water partition coefficient (Wildman–Crippen LogP) is 1.43. The zero-order valence-corrected chi connectivity index (χ0v) is 11.5. The minimum Gasteiger partial charge on any atom is -0.383 e. The maximum absolute atomic E-state index is 5.00. The molecular weight excluding hydrogens is 248 g/mol. The number of aromatic nitrogens is 3. The standard InChI is InChI=1S/C12H18N4OS/c1-10-15-11(9-18-10)8-16-12(3-4-14-16)7-13-5-6-17-2/h3-4,9,13H,5-8H2,1-2H3. The second-order valence-electron chi connectivity index (χ2n) is 4.01. The molecule has 0 aliphatic carbocycles. The van der Waals surface area contributed by atoms with E-state index in [1.165, 1.54) is 0 Å². The van der Waals surface area contributed by atoms with Crippen LogP contribution in [0.25, 0.3) is 0 Å². The van der Waals surface area contributed by atoms with Crippen LogP contribution in [0.5, 0.6) is 0 Å². The van der Waals surface area contributed by atoms with Crippen molar-refractivity contribution in [3.8, 4) is 0 Å². The van der Waals surface area contributed by atoms with Gasteiger partial charge in [0.2, 0.25) is 0 Å². The molecule has 0 spiro atoms. The van der Waals surface area contributed by atoms with Gasteiger partial charge in [-0.15, -0.1) is 11.3 Å². The second kappa shape index (κ2) is 6.63. The summed E-state index contributed by atoms with van der Waals surface area (Å²) in [6, 6.07) is 2.03. The molecule has 0 radical (unpaired) electrons. The number of nitrogens with zero attached hydrogens (tertiary/aromatic N) is 3. The second-order valence-corrected chi connectivity index (χ2v) is 5.07. The van der Waals surface area contributed by atoms with E-state index in [2.05, 4.69) is 20.8 Å². The Labute approximate surface area is 111 Å². The van der Waals surface area contributed by atoms with Gasteiger partial charge in [-0.3, -0.25) is 4.68 Å². The Morgan fingerprint density at radius 2 is 2.39 bits per heavy atom. The quantitative estimate of drug-likeness (QED) is 0.770. The van der Waals surface area contributed by atoms with Crippen LogP contribution in [0, 0.1) is 6.92 Å². The Hall–Kier alpha value is -1.24. The van der Waals surface area contributed by atoms with Crippen molar-refractivity contribution in [1.29, 1.82) is 0 Å². The fraction of sp³-hybridized carbons (Fsp3) is 0.500. The molecule has 5 nitrogen and oxygen atoms in total. The van der Waals surface area contributed by atoms with Gasteiger partial charge in [0, 0.05) is 31.8 Å². The molecule has 98 valence electrons. The molecule has 0 aliphatic heterocycles. The molecule has 0 aromatic carbocycles. The van der Waals surface area contributed by atoms with Gasteiger partial charge in [-0.05, 0) is 13.0 Å². The van der Waals surface area contributed by atoms with Gasteiger partial charge in [0.05, 0.1) is 29.5 Å². The van der Waals surface area contributed by atoms with E-state index < -0.39 is 0 Å². The molecule has 0 saturated heterocycles. The summed E-state index contributed by atoms with van der Waals surface area (Å²) in [7, 11) is 1.70. The molecule has 0 amide bonds. The van der Waals surface area contributed by atoms with Crippen molar-refractivity contribution in [2.24, 2.45) is 0 Å². The van der Waals surface area contributed by atoms with E-state index in [-0.39, 0.29) is 0 Å². The summed E-state index contributed by atoms with van der Waals surface area (Å²) in [4.78, 5) is 4.45. The maximum Gasteiger partial charge on any atom is 0.0898 e. The normalized spacial score (nSPS) is 11.0. The topological polar surface area (TPSA) is 52.0 Å². The number of thiazole rings is 1. The number of hydrogen-bond donors (Lipinski definition) is 1. The number of methoxy groups -OCH3 is 1. The van der Waals surface area contributed by atoms with Crippen molar-refractivity contribution in [2.75, 3.05) is 20.3 Å². The van der Waals surface area contributed by atoms with Crippen molar-refractivity contribution in [3.05, 3.63) is 34.0 Å². The molecule has 0 unspecified atom stereocenters. The number of rotatable bonds is 7. The molecule has 2 aromatic rings. The van der Waals surface area contributed by atoms with Crippen LogP contribution in [0.1, 0.15) is 16.4 Å². The molecule has 6 heteroatoms. The Kier molecular flexibility index (Phi) is 4.86. The number of aryl methyl sites for hydroxylation is 1. The van der Waals surface area contributed by atoms with Crippen LogP contribution >= 0.6 is 11.3 Å². The van der Waals surface area contributed by atoms with Crippen LogP contribution in [-0.2, 0) is 17.8 Å². The maximum atomic E-state index is 5.00. The summed E-state index contributed by atoms with van der Waals surface area (Å²) < 4.78 is 6.98. The average molecular weight is 266 g/mol. The van der Waals surface area contributed by atoms with Crippen molar-refractivity contribution < 1.29 is 4.74 Å². The van der Waals surface area contributed by atoms with Crippen LogP contribution in [0.4, 0.5) is 0 Å². The third kappa shape index (κ3) is 3.63. The molecule has 0 bridgehead atoms. The summed E-state index contributed by atoms with van der Waals surface area (Å²) in [5.41, 5.74) is 2.23. The summed E-state index contributed by atoms with van der Waals surface area (Å²) in [6.07, 6.45) is 1.83. The Morgan fingerprint density at radius 1 is 1.50 bits per heavy atom. The smallest absolute Gasteiger partial charge is 0.0898 e. The fourth-order valence-corrected chi connectivity index (χ4v) is 2.28. The summed E-state index contributed by atoms with van der Waals surface area (Å²) >= 11 is 1.67. The van der Waals surface area contributed by atoms with E-state index in [1.54, 1.807) is 18.4 Å². The van der Waals surface area contributed by atoms with Gasteiger partial charge in [-0.2, -0.15) is 5.10 Å². The minimum absolute atomic E-state index is 0.722. The van der Waals surface area contributed by atoms with Crippen LogP contribution in [-0.4, -0.2) is 35.0 Å². The average Bonchev–Trinajstić information content (AvgIpc) is 2.95. The minimum atomic E-state index is 0.722. The predicted molar refractivity (Wildman–Crippen MR) is 71.8 cm³/mol. The summed E-state index contributed by atoms with van der Waals surface area (Å²) in [5, 5.41) is 10.8. The monoisotopic (exact) mass is 266 g/mol. The van der Waals surface area contributed by atoms with E-state index in [0.717, 1.165) is 42.6 Å². The molecular formula is C12H18N4OS. The molecule has 18 heavy (non-hydrogen) atoms. The number of hydrogen-bond acceptors (Lipinski definition) is 5. The van der Waals surface area contributed by atoms with Gasteiger partial charge < -0.3 is 10.1 Å². The molecule has 2 heterocycles. The van der Waals surface area contributed by atoms with Crippen LogP contribution in [0.3, 0.4) is 0 Å². The molecule has 0 aliphatic rings. The third-order valence-electron chi connectivity index (χ3n) is 2.57. The Bertz CT molecular complexity index is 480. The van der Waals surface area contributed by atoms with Gasteiger partial charge in [0.1, 0.15) is 0 Å². The van der Waals surface area contributed by atoms with Gasteiger partial charge in [-0.1, -0.05) is 0 Å². The Morgan fingerprint density at radius 3 is 3.11 bits per heavy atom. The zero-order chi connectivity index (χ0) is 12.8. The van der Waals surface area contributed by atoms with Crippen molar-refractivity contribution in [1.82, 2.24) is 20.1 Å². The van der Waals surface area contributed by atoms with Crippen LogP contribution in [0.15, 0.2) is 17.6 Å². The molecule has 0 atom stereocenters. The Balaban J connectivity index is 1.91. The third-order valence-corrected chi connectivity index (χ3v) is 3.39. The summed E-state index contributed by atoms with van der Waals surface area (Å²) in [6.45, 7) is 5.12. The highest BCUT2D eigenvalue weighted by Gasteiger charge is 2.05. The number of ether oxygens (including phenoxy) is 1. The molecule has 0 saturated carbocycles. The highest BCUT2D eigenvalue weighted by atomic mass is 32.1. The highest BCUT2D eigenvalue weighted by molar-refractivity contribution is 7.09. The molecule has 2 rings (SSSR count). The van der Waals surface area contributed by atoms with Crippen molar-refractivity contribution in [3.63, 3.8) is 0 Å². The zero-order valence-electron chi connectivity index (χ0n) is 10.7. The first kappa shape index (κ1) is 13.2. The van der Waals surface area contributed by atoms with E-state index >= 15 is 0 Å². The largest absolute Gasteiger partial charge is 0.383 e. The fourth-order valence-electron chi connectivity index (χ4n) is 1.68. The van der Waals surface area contributed by atoms with Gasteiger partial charge in [-0.25, -0.2) is 4.98 Å². The van der Waals surface area contributed by atoms with E-state index in [1.807, 2.05) is 23.9 Å². The SMILES string of the molecule is COCCNCc1ccnn1Cc1csc(C)n1. The van der Waals surface area contributed by atoms with E-state index in [4.69, 9.17) is 4.74 Å². The van der Waals surface area contributed by atoms with Crippen LogP contribution < -0.4 is 5.32 Å². The first-order valence-electron chi connectivity index (χ1n) is 5.91. The molecule has 0 fully saturated rings.